The van der Waals surface area contributed by atoms with E-state index >= 15 is 0 Å². The highest BCUT2D eigenvalue weighted by Gasteiger charge is 2.19. The molecule has 1 unspecified atom stereocenters. The molecule has 2 rings (SSSR count). The van der Waals surface area contributed by atoms with Gasteiger partial charge in [0, 0.05) is 26.2 Å². The first-order chi connectivity index (χ1) is 10.4. The average molecular weight is 307 g/mol. The summed E-state index contributed by atoms with van der Waals surface area (Å²) < 4.78 is 4.61. The molecule has 2 aromatic rings. The van der Waals surface area contributed by atoms with Crippen LogP contribution in [0.5, 0.6) is 0 Å². The number of rotatable bonds is 6. The Morgan fingerprint density at radius 2 is 1.91 bits per heavy atom. The van der Waals surface area contributed by atoms with Gasteiger partial charge >= 0.3 is 5.69 Å². The molecular formula is C15H25N5O2. The molecule has 2 heterocycles. The molecule has 0 aromatic carbocycles. The highest BCUT2D eigenvalue weighted by atomic mass is 16.2. The fourth-order valence-corrected chi connectivity index (χ4v) is 2.51. The number of nitrogens with two attached hydrogens (primary N) is 1. The summed E-state index contributed by atoms with van der Waals surface area (Å²) in [5.74, 6) is 0.717. The lowest BCUT2D eigenvalue weighted by molar-refractivity contribution is 0.485. The van der Waals surface area contributed by atoms with Gasteiger partial charge in [-0.25, -0.2) is 9.78 Å². The van der Waals surface area contributed by atoms with Crippen molar-refractivity contribution in [3.05, 3.63) is 26.7 Å². The zero-order valence-corrected chi connectivity index (χ0v) is 13.8. The van der Waals surface area contributed by atoms with Crippen molar-refractivity contribution in [2.75, 3.05) is 0 Å². The maximum atomic E-state index is 12.7. The largest absolute Gasteiger partial charge is 0.332 e. The van der Waals surface area contributed by atoms with E-state index in [0.717, 1.165) is 12.8 Å². The van der Waals surface area contributed by atoms with Gasteiger partial charge in [-0.1, -0.05) is 20.3 Å². The molecule has 0 aliphatic rings. The standard InChI is InChI=1S/C15H25N5O2/c1-5-7-8-19-13-12(18(4)10(3)17-13)14(21)20(15(19)22)9-11(16)6-2/h11H,5-9,16H2,1-4H3. The normalized spacial score (nSPS) is 13.0. The molecular weight excluding hydrogens is 282 g/mol. The molecule has 0 aliphatic heterocycles. The van der Waals surface area contributed by atoms with E-state index in [-0.39, 0.29) is 23.8 Å². The number of aromatic nitrogens is 4. The van der Waals surface area contributed by atoms with E-state index < -0.39 is 0 Å². The topological polar surface area (TPSA) is 87.8 Å². The van der Waals surface area contributed by atoms with Crippen LogP contribution in [0, 0.1) is 6.92 Å². The molecule has 22 heavy (non-hydrogen) atoms. The van der Waals surface area contributed by atoms with E-state index in [4.69, 9.17) is 5.73 Å². The van der Waals surface area contributed by atoms with Crippen LogP contribution in [0.25, 0.3) is 11.2 Å². The van der Waals surface area contributed by atoms with Gasteiger partial charge < -0.3 is 10.3 Å². The summed E-state index contributed by atoms with van der Waals surface area (Å²) in [4.78, 5) is 29.8. The van der Waals surface area contributed by atoms with Gasteiger partial charge in [-0.2, -0.15) is 0 Å². The third-order valence-electron chi connectivity index (χ3n) is 4.14. The minimum absolute atomic E-state index is 0.211. The summed E-state index contributed by atoms with van der Waals surface area (Å²) in [5, 5.41) is 0. The van der Waals surface area contributed by atoms with Crippen LogP contribution in [0.15, 0.2) is 9.59 Å². The molecule has 0 amide bonds. The Kier molecular flexibility index (Phi) is 4.85. The van der Waals surface area contributed by atoms with Gasteiger partial charge in [0.1, 0.15) is 5.82 Å². The first-order valence-electron chi connectivity index (χ1n) is 7.84. The quantitative estimate of drug-likeness (QED) is 0.852. The lowest BCUT2D eigenvalue weighted by atomic mass is 10.2. The summed E-state index contributed by atoms with van der Waals surface area (Å²) in [6.07, 6.45) is 2.54. The van der Waals surface area contributed by atoms with E-state index in [2.05, 4.69) is 11.9 Å². The predicted octanol–water partition coefficient (Wildman–Crippen LogP) is 0.743. The Balaban J connectivity index is 2.77. The van der Waals surface area contributed by atoms with Gasteiger partial charge in [-0.15, -0.1) is 0 Å². The lowest BCUT2D eigenvalue weighted by Gasteiger charge is -2.14. The van der Waals surface area contributed by atoms with E-state index in [1.165, 1.54) is 4.57 Å². The number of unbranched alkanes of at least 4 members (excludes halogenated alkanes) is 1. The lowest BCUT2D eigenvalue weighted by Crippen LogP contribution is -2.44. The van der Waals surface area contributed by atoms with E-state index in [1.807, 2.05) is 13.8 Å². The third-order valence-corrected chi connectivity index (χ3v) is 4.14. The molecule has 2 aromatic heterocycles. The van der Waals surface area contributed by atoms with Crippen molar-refractivity contribution in [3.63, 3.8) is 0 Å². The van der Waals surface area contributed by atoms with Crippen LogP contribution in [0.1, 0.15) is 38.9 Å². The smallest absolute Gasteiger partial charge is 0.326 e. The van der Waals surface area contributed by atoms with Crippen molar-refractivity contribution in [2.45, 2.75) is 59.2 Å². The zero-order chi connectivity index (χ0) is 16.4. The Bertz CT molecular complexity index is 784. The molecule has 0 spiro atoms. The summed E-state index contributed by atoms with van der Waals surface area (Å²) in [6, 6.07) is -0.211. The molecule has 0 fully saturated rings. The van der Waals surface area contributed by atoms with Crippen LogP contribution in [0.4, 0.5) is 0 Å². The van der Waals surface area contributed by atoms with E-state index in [1.54, 1.807) is 16.2 Å². The van der Waals surface area contributed by atoms with Crippen molar-refractivity contribution in [1.29, 1.82) is 0 Å². The van der Waals surface area contributed by atoms with Crippen LogP contribution < -0.4 is 17.0 Å². The summed E-state index contributed by atoms with van der Waals surface area (Å²) in [7, 11) is 1.80. The first-order valence-corrected chi connectivity index (χ1v) is 7.84. The van der Waals surface area contributed by atoms with Crippen LogP contribution in [0.3, 0.4) is 0 Å². The number of hydrogen-bond donors (Lipinski definition) is 1. The molecule has 0 aliphatic carbocycles. The summed E-state index contributed by atoms with van der Waals surface area (Å²) in [6.45, 7) is 6.63. The fourth-order valence-electron chi connectivity index (χ4n) is 2.51. The molecule has 0 saturated carbocycles. The van der Waals surface area contributed by atoms with Crippen LogP contribution in [-0.4, -0.2) is 24.7 Å². The van der Waals surface area contributed by atoms with Crippen molar-refractivity contribution >= 4 is 11.2 Å². The highest BCUT2D eigenvalue weighted by Crippen LogP contribution is 2.10. The van der Waals surface area contributed by atoms with Crippen molar-refractivity contribution in [1.82, 2.24) is 18.7 Å². The molecule has 2 N–H and O–H groups in total. The van der Waals surface area contributed by atoms with Crippen LogP contribution in [0.2, 0.25) is 0 Å². The Labute approximate surface area is 129 Å². The summed E-state index contributed by atoms with van der Waals surface area (Å²) in [5.41, 5.74) is 6.28. The maximum Gasteiger partial charge on any atom is 0.332 e. The van der Waals surface area contributed by atoms with Crippen LogP contribution >= 0.6 is 0 Å². The number of aryl methyl sites for hydroxylation is 3. The number of nitrogens with zero attached hydrogens (tertiary/aromatic N) is 4. The van der Waals surface area contributed by atoms with Crippen molar-refractivity contribution in [2.24, 2.45) is 12.8 Å². The van der Waals surface area contributed by atoms with Crippen molar-refractivity contribution < 1.29 is 0 Å². The van der Waals surface area contributed by atoms with E-state index in [9.17, 15) is 9.59 Å². The second-order valence-electron chi connectivity index (χ2n) is 5.76. The van der Waals surface area contributed by atoms with Crippen molar-refractivity contribution in [3.8, 4) is 0 Å². The number of fused-ring (bicyclic) bond motifs is 1. The molecule has 0 radical (unpaired) electrons. The zero-order valence-electron chi connectivity index (χ0n) is 13.8. The third kappa shape index (κ3) is 2.72. The molecule has 7 heteroatoms. The second kappa shape index (κ2) is 6.48. The Morgan fingerprint density at radius 1 is 1.23 bits per heavy atom. The Hall–Kier alpha value is -1.89. The average Bonchev–Trinajstić information content (AvgIpc) is 2.79. The van der Waals surface area contributed by atoms with Gasteiger partial charge in [-0.05, 0) is 19.8 Å². The van der Waals surface area contributed by atoms with Gasteiger partial charge in [0.15, 0.2) is 11.2 Å². The SMILES string of the molecule is CCCCn1c(=O)n(CC(N)CC)c(=O)c2c1nc(C)n2C. The molecule has 0 bridgehead atoms. The number of imidazole rings is 1. The Morgan fingerprint density at radius 3 is 2.50 bits per heavy atom. The second-order valence-corrected chi connectivity index (χ2v) is 5.76. The minimum atomic E-state index is -0.312. The summed E-state index contributed by atoms with van der Waals surface area (Å²) >= 11 is 0. The fraction of sp³-hybridized carbons (Fsp3) is 0.667. The molecule has 122 valence electrons. The van der Waals surface area contributed by atoms with Gasteiger partial charge in [0.05, 0.1) is 0 Å². The van der Waals surface area contributed by atoms with Gasteiger partial charge in [0.25, 0.3) is 5.56 Å². The molecule has 1 atom stereocenters. The van der Waals surface area contributed by atoms with Gasteiger partial charge in [-0.3, -0.25) is 13.9 Å². The predicted molar refractivity (Wildman–Crippen MR) is 87.1 cm³/mol. The maximum absolute atomic E-state index is 12.7. The van der Waals surface area contributed by atoms with E-state index in [0.29, 0.717) is 30.0 Å². The highest BCUT2D eigenvalue weighted by molar-refractivity contribution is 5.70. The first kappa shape index (κ1) is 16.5. The monoisotopic (exact) mass is 307 g/mol. The van der Waals surface area contributed by atoms with Crippen LogP contribution in [-0.2, 0) is 20.1 Å². The van der Waals surface area contributed by atoms with Gasteiger partial charge in [0.2, 0.25) is 0 Å². The number of hydrogen-bond acceptors (Lipinski definition) is 4. The molecule has 7 nitrogen and oxygen atoms in total. The molecule has 0 saturated heterocycles. The minimum Gasteiger partial charge on any atom is -0.326 e.